The molecule has 5 unspecified atom stereocenters. The monoisotopic (exact) mass is 686 g/mol. The zero-order valence-corrected chi connectivity index (χ0v) is 32.4. The number of hydrogen-bond acceptors (Lipinski definition) is 0. The van der Waals surface area contributed by atoms with Crippen LogP contribution in [-0.2, 0) is 27.6 Å². The van der Waals surface area contributed by atoms with Gasteiger partial charge in [-0.2, -0.15) is 39.7 Å². The second-order valence-corrected chi connectivity index (χ2v) is 27.1. The van der Waals surface area contributed by atoms with E-state index in [4.69, 9.17) is 0 Å². The van der Waals surface area contributed by atoms with Crippen LogP contribution < -0.4 is 10.4 Å². The summed E-state index contributed by atoms with van der Waals surface area (Å²) in [6, 6.07) is 21.7. The van der Waals surface area contributed by atoms with Crippen LogP contribution in [0.15, 0.2) is 73.1 Å². The van der Waals surface area contributed by atoms with Crippen molar-refractivity contribution < 1.29 is 17.1 Å². The fraction of sp³-hybridized carbons (Fsp3) is 0.500. The van der Waals surface area contributed by atoms with E-state index in [1.165, 1.54) is 49.7 Å². The fourth-order valence-corrected chi connectivity index (χ4v) is 16.8. The number of H-pyrrole nitrogens is 2. The Hall–Kier alpha value is -0.927. The Morgan fingerprint density at radius 2 is 1.47 bits per heavy atom. The predicted molar refractivity (Wildman–Crippen MR) is 195 cm³/mol. The summed E-state index contributed by atoms with van der Waals surface area (Å²) >= 11 is 0. The Morgan fingerprint density at radius 1 is 0.907 bits per heavy atom. The van der Waals surface area contributed by atoms with Crippen LogP contribution in [0.25, 0.3) is 0 Å². The Balaban J connectivity index is 0.000000559. The number of nitrogens with one attached hydrogen (secondary N) is 2. The molecule has 4 bridgehead atoms. The Labute approximate surface area is 278 Å². The van der Waals surface area contributed by atoms with E-state index in [1.54, 1.807) is 10.8 Å². The van der Waals surface area contributed by atoms with Gasteiger partial charge in [-0.05, 0) is 91.6 Å². The van der Waals surface area contributed by atoms with Gasteiger partial charge in [-0.15, -0.1) is 18.5 Å². The molecule has 0 amide bonds. The molecule has 4 saturated carbocycles. The summed E-state index contributed by atoms with van der Waals surface area (Å²) in [5.41, 5.74) is 6.28. The number of hydrogen-bond donors (Lipinski definition) is 2. The van der Waals surface area contributed by atoms with Gasteiger partial charge in [0, 0.05) is 37.0 Å². The molecule has 4 aliphatic rings. The number of aromatic amines is 2. The normalized spacial score (nSPS) is 26.6. The first-order valence-corrected chi connectivity index (χ1v) is 24.6. The van der Waals surface area contributed by atoms with Gasteiger partial charge in [0.15, 0.2) is 0 Å². The van der Waals surface area contributed by atoms with E-state index in [9.17, 15) is 0 Å². The van der Waals surface area contributed by atoms with Gasteiger partial charge in [0.25, 0.3) is 0 Å². The molecule has 5 atom stereocenters. The molecule has 0 radical (unpaired) electrons. The van der Waals surface area contributed by atoms with Gasteiger partial charge < -0.3 is 9.97 Å². The van der Waals surface area contributed by atoms with Crippen LogP contribution in [0.2, 0.25) is 39.3 Å². The third-order valence-electron chi connectivity index (χ3n) is 10.9. The molecule has 0 saturated heterocycles. The average molecular weight is 687 g/mol. The number of rotatable bonds is 7. The predicted octanol–water partition coefficient (Wildman–Crippen LogP) is 8.29. The standard InChI is InChI=1S/C31H47N2P2Si2.C5H5.Fe/c1-36(2,3)25-16-23(31(35,26-9-7-11-32-26)27-10-8-12-33-27)28(29(25)37(4,5)6)30-17-20-13-21(18-30)15-22(14-20)24(30)19-34;1-2-4-5-3-1;/h7-12,16,20-22,24,32-33H,13-15,17-19,34-35H2,1-6H3;1-5H;/q2*-1;+2. The molecule has 0 aliphatic heterocycles. The molecule has 4 fully saturated rings. The molecule has 232 valence electrons. The fourth-order valence-electron chi connectivity index (χ4n) is 9.62. The van der Waals surface area contributed by atoms with Gasteiger partial charge in [0.2, 0.25) is 0 Å². The minimum absolute atomic E-state index is 0. The topological polar surface area (TPSA) is 31.6 Å². The van der Waals surface area contributed by atoms with Gasteiger partial charge in [-0.1, -0.05) is 39.3 Å². The third-order valence-corrected chi connectivity index (χ3v) is 16.7. The second-order valence-electron chi connectivity index (χ2n) is 15.8. The minimum Gasteiger partial charge on any atom is -0.365 e. The van der Waals surface area contributed by atoms with Gasteiger partial charge in [-0.25, -0.2) is 18.2 Å². The van der Waals surface area contributed by atoms with Crippen molar-refractivity contribution in [3.8, 4) is 0 Å². The SMILES string of the molecule is C[Si](C)(C)c1cc(C(P)(c2ccc[nH]2)c2ccc[nH]2)c(C23CC4CC(CC(C4)C2CP)C3)[c-]1[Si](C)(C)C.[Fe+2].c1cc[cH-]c1. The summed E-state index contributed by atoms with van der Waals surface area (Å²) in [5.74, 6) is 3.55. The van der Waals surface area contributed by atoms with Crippen LogP contribution in [0, 0.1) is 23.7 Å². The van der Waals surface area contributed by atoms with Gasteiger partial charge in [0.05, 0.1) is 8.07 Å². The van der Waals surface area contributed by atoms with Gasteiger partial charge in [-0.3, -0.25) is 0 Å². The molecule has 0 spiro atoms. The summed E-state index contributed by atoms with van der Waals surface area (Å²) in [6.45, 7) is 15.6. The molecule has 2 N–H and O–H groups in total. The quantitative estimate of drug-likeness (QED) is 0.111. The molecule has 2 heterocycles. The van der Waals surface area contributed by atoms with Crippen LogP contribution in [0.5, 0.6) is 0 Å². The molecule has 4 aromatic rings. The van der Waals surface area contributed by atoms with E-state index in [0.717, 1.165) is 23.7 Å². The maximum Gasteiger partial charge on any atom is 2.00 e. The van der Waals surface area contributed by atoms with E-state index < -0.39 is 16.1 Å². The maximum atomic E-state index is 3.67. The van der Waals surface area contributed by atoms with E-state index in [0.29, 0.717) is 5.41 Å². The smallest absolute Gasteiger partial charge is 0.365 e. The van der Waals surface area contributed by atoms with Crippen molar-refractivity contribution in [2.75, 3.05) is 6.16 Å². The Morgan fingerprint density at radius 3 is 1.86 bits per heavy atom. The van der Waals surface area contributed by atoms with Crippen LogP contribution in [0.3, 0.4) is 0 Å². The number of aromatic nitrogens is 2. The zero-order chi connectivity index (χ0) is 29.9. The van der Waals surface area contributed by atoms with E-state index in [2.05, 4.69) is 110 Å². The first-order chi connectivity index (χ1) is 19.9. The molecule has 2 nitrogen and oxygen atoms in total. The Bertz CT molecular complexity index is 1390. The van der Waals surface area contributed by atoms with E-state index in [-0.39, 0.29) is 22.2 Å². The van der Waals surface area contributed by atoms with Gasteiger partial charge >= 0.3 is 17.1 Å². The minimum atomic E-state index is -1.66. The summed E-state index contributed by atoms with van der Waals surface area (Å²) in [4.78, 5) is 7.35. The molecule has 7 heteroatoms. The van der Waals surface area contributed by atoms with Gasteiger partial charge in [0.1, 0.15) is 0 Å². The maximum absolute atomic E-state index is 3.67. The molecule has 2 aromatic heterocycles. The van der Waals surface area contributed by atoms with Crippen LogP contribution >= 0.6 is 18.5 Å². The first kappa shape index (κ1) is 33.4. The van der Waals surface area contributed by atoms with Crippen molar-refractivity contribution in [2.45, 2.75) is 82.0 Å². The van der Waals surface area contributed by atoms with Crippen LogP contribution in [-0.4, -0.2) is 32.3 Å². The summed E-state index contributed by atoms with van der Waals surface area (Å²) < 4.78 is 0. The molecule has 43 heavy (non-hydrogen) atoms. The summed E-state index contributed by atoms with van der Waals surface area (Å²) in [7, 11) is 3.35. The summed E-state index contributed by atoms with van der Waals surface area (Å²) in [5, 5.41) is 3.29. The van der Waals surface area contributed by atoms with E-state index in [1.807, 2.05) is 41.1 Å². The van der Waals surface area contributed by atoms with Crippen LogP contribution in [0.1, 0.15) is 54.6 Å². The third kappa shape index (κ3) is 5.79. The molecule has 4 aliphatic carbocycles. The molecular formula is C36H52FeN2P2Si2. The Kier molecular flexibility index (Phi) is 9.61. The van der Waals surface area contributed by atoms with Crippen molar-refractivity contribution in [1.29, 1.82) is 0 Å². The molecule has 8 rings (SSSR count). The molecular weight excluding hydrogens is 634 g/mol. The largest absolute Gasteiger partial charge is 2.00 e. The van der Waals surface area contributed by atoms with E-state index >= 15 is 0 Å². The van der Waals surface area contributed by atoms with Crippen molar-refractivity contribution in [2.24, 2.45) is 23.7 Å². The first-order valence-electron chi connectivity index (χ1n) is 16.2. The second kappa shape index (κ2) is 12.4. The van der Waals surface area contributed by atoms with Crippen molar-refractivity contribution in [3.05, 3.63) is 95.6 Å². The average Bonchev–Trinajstić information content (AvgIpc) is 3.75. The molecule has 2 aromatic carbocycles. The van der Waals surface area contributed by atoms with Crippen molar-refractivity contribution in [1.82, 2.24) is 9.97 Å². The van der Waals surface area contributed by atoms with Crippen molar-refractivity contribution in [3.63, 3.8) is 0 Å². The zero-order valence-electron chi connectivity index (χ0n) is 27.0. The van der Waals surface area contributed by atoms with Crippen LogP contribution in [0.4, 0.5) is 0 Å². The van der Waals surface area contributed by atoms with Crippen molar-refractivity contribution >= 4 is 45.0 Å². The summed E-state index contributed by atoms with van der Waals surface area (Å²) in [6.07, 6.45) is 12.7.